The molecule has 1 fully saturated rings. The fraction of sp³-hybridized carbons (Fsp3) is 0.444. The van der Waals surface area contributed by atoms with Gasteiger partial charge in [0.15, 0.2) is 11.0 Å². The molecule has 2 N–H and O–H groups in total. The zero-order chi connectivity index (χ0) is 11.7. The van der Waals surface area contributed by atoms with Crippen LogP contribution in [0.5, 0.6) is 0 Å². The lowest BCUT2D eigenvalue weighted by molar-refractivity contribution is -0.117. The maximum absolute atomic E-state index is 11.8. The second-order valence-corrected chi connectivity index (χ2v) is 4.64. The van der Waals surface area contributed by atoms with Crippen molar-refractivity contribution in [2.24, 2.45) is 5.92 Å². The second kappa shape index (κ2) is 4.55. The number of alkyl halides is 1. The number of halogens is 2. The molecule has 2 rings (SSSR count). The third kappa shape index (κ3) is 1.99. The van der Waals surface area contributed by atoms with E-state index in [1.54, 1.807) is 4.90 Å². The fourth-order valence-corrected chi connectivity index (χ4v) is 2.23. The van der Waals surface area contributed by atoms with E-state index in [2.05, 4.69) is 25.9 Å². The molecule has 1 aliphatic heterocycles. The molecule has 7 heteroatoms. The molecule has 1 unspecified atom stereocenters. The van der Waals surface area contributed by atoms with Crippen LogP contribution in [0.3, 0.4) is 0 Å². The summed E-state index contributed by atoms with van der Waals surface area (Å²) in [5, 5.41) is 0.966. The van der Waals surface area contributed by atoms with Crippen LogP contribution in [0.2, 0.25) is 5.15 Å². The van der Waals surface area contributed by atoms with E-state index in [0.29, 0.717) is 24.7 Å². The van der Waals surface area contributed by atoms with Gasteiger partial charge in [0.25, 0.3) is 0 Å². The van der Waals surface area contributed by atoms with E-state index in [1.165, 1.54) is 6.33 Å². The Labute approximate surface area is 106 Å². The van der Waals surface area contributed by atoms with Crippen molar-refractivity contribution in [1.82, 2.24) is 9.97 Å². The molecule has 0 saturated carbocycles. The SMILES string of the molecule is Nc1c(Cl)ncnc1N1CC(CBr)CC1=O. The molecule has 0 spiro atoms. The molecule has 86 valence electrons. The van der Waals surface area contributed by atoms with Crippen molar-refractivity contribution in [1.29, 1.82) is 0 Å². The van der Waals surface area contributed by atoms with Crippen molar-refractivity contribution in [3.63, 3.8) is 0 Å². The van der Waals surface area contributed by atoms with Crippen molar-refractivity contribution < 1.29 is 4.79 Å². The summed E-state index contributed by atoms with van der Waals surface area (Å²) >= 11 is 9.15. The minimum atomic E-state index is 0.0194. The first-order chi connectivity index (χ1) is 7.63. The molecule has 1 atom stereocenters. The van der Waals surface area contributed by atoms with E-state index in [0.717, 1.165) is 5.33 Å². The van der Waals surface area contributed by atoms with E-state index in [4.69, 9.17) is 17.3 Å². The maximum atomic E-state index is 11.8. The number of nitrogens with two attached hydrogens (primary N) is 1. The van der Waals surface area contributed by atoms with Gasteiger partial charge in [-0.1, -0.05) is 27.5 Å². The predicted octanol–water partition coefficient (Wildman–Crippen LogP) is 1.46. The first-order valence-electron chi connectivity index (χ1n) is 4.75. The molecule has 16 heavy (non-hydrogen) atoms. The van der Waals surface area contributed by atoms with E-state index in [-0.39, 0.29) is 16.7 Å². The summed E-state index contributed by atoms with van der Waals surface area (Å²) in [7, 11) is 0. The van der Waals surface area contributed by atoms with Crippen LogP contribution in [-0.4, -0.2) is 27.7 Å². The third-order valence-electron chi connectivity index (χ3n) is 2.49. The van der Waals surface area contributed by atoms with Gasteiger partial charge in [-0.25, -0.2) is 9.97 Å². The topological polar surface area (TPSA) is 72.1 Å². The quantitative estimate of drug-likeness (QED) is 0.663. The predicted molar refractivity (Wildman–Crippen MR) is 65.7 cm³/mol. The smallest absolute Gasteiger partial charge is 0.228 e. The first kappa shape index (κ1) is 11.6. The number of hydrogen-bond acceptors (Lipinski definition) is 4. The standard InChI is InChI=1S/C9H10BrClN4O/c10-2-5-1-6(16)15(3-5)9-7(12)8(11)13-4-14-9/h4-5H,1-3,12H2. The van der Waals surface area contributed by atoms with Crippen LogP contribution in [0.15, 0.2) is 6.33 Å². The van der Waals surface area contributed by atoms with Gasteiger partial charge in [0.2, 0.25) is 5.91 Å². The molecule has 1 aromatic rings. The van der Waals surface area contributed by atoms with Crippen molar-refractivity contribution in [2.75, 3.05) is 22.5 Å². The Hall–Kier alpha value is -0.880. The highest BCUT2D eigenvalue weighted by molar-refractivity contribution is 9.09. The van der Waals surface area contributed by atoms with Crippen LogP contribution < -0.4 is 10.6 Å². The van der Waals surface area contributed by atoms with Gasteiger partial charge in [0.1, 0.15) is 12.0 Å². The summed E-state index contributed by atoms with van der Waals surface area (Å²) in [4.78, 5) is 21.1. The van der Waals surface area contributed by atoms with Gasteiger partial charge < -0.3 is 5.73 Å². The number of carbonyl (C=O) groups is 1. The maximum Gasteiger partial charge on any atom is 0.228 e. The Bertz CT molecular complexity index is 428. The Morgan fingerprint density at radius 1 is 1.62 bits per heavy atom. The molecule has 1 amide bonds. The average molecular weight is 306 g/mol. The number of nitrogen functional groups attached to an aromatic ring is 1. The van der Waals surface area contributed by atoms with Crippen molar-refractivity contribution >= 4 is 44.9 Å². The number of rotatable bonds is 2. The highest BCUT2D eigenvalue weighted by Crippen LogP contribution is 2.31. The lowest BCUT2D eigenvalue weighted by Gasteiger charge is -2.16. The van der Waals surface area contributed by atoms with E-state index >= 15 is 0 Å². The summed E-state index contributed by atoms with van der Waals surface area (Å²) in [6.45, 7) is 0.613. The molecule has 1 aliphatic rings. The summed E-state index contributed by atoms with van der Waals surface area (Å²) in [6.07, 6.45) is 1.81. The Morgan fingerprint density at radius 3 is 3.00 bits per heavy atom. The van der Waals surface area contributed by atoms with Crippen molar-refractivity contribution in [3.8, 4) is 0 Å². The van der Waals surface area contributed by atoms with Gasteiger partial charge in [0, 0.05) is 18.3 Å². The summed E-state index contributed by atoms with van der Waals surface area (Å²) < 4.78 is 0. The normalized spacial score (nSPS) is 20.5. The van der Waals surface area contributed by atoms with Crippen LogP contribution in [0.25, 0.3) is 0 Å². The monoisotopic (exact) mass is 304 g/mol. The third-order valence-corrected chi connectivity index (χ3v) is 3.71. The second-order valence-electron chi connectivity index (χ2n) is 3.63. The summed E-state index contributed by atoms with van der Waals surface area (Å²) in [6, 6.07) is 0. The highest BCUT2D eigenvalue weighted by atomic mass is 79.9. The molecule has 0 aliphatic carbocycles. The Kier molecular flexibility index (Phi) is 3.30. The minimum Gasteiger partial charge on any atom is -0.393 e. The minimum absolute atomic E-state index is 0.0194. The number of amides is 1. The van der Waals surface area contributed by atoms with Crippen molar-refractivity contribution in [2.45, 2.75) is 6.42 Å². The lowest BCUT2D eigenvalue weighted by Crippen LogP contribution is -2.26. The number of anilines is 2. The summed E-state index contributed by atoms with van der Waals surface area (Å²) in [5.74, 6) is 0.722. The van der Waals surface area contributed by atoms with Gasteiger partial charge >= 0.3 is 0 Å². The molecule has 2 heterocycles. The number of nitrogens with zero attached hydrogens (tertiary/aromatic N) is 3. The molecule has 1 saturated heterocycles. The molecule has 1 aromatic heterocycles. The number of aromatic nitrogens is 2. The van der Waals surface area contributed by atoms with E-state index in [1.807, 2.05) is 0 Å². The van der Waals surface area contributed by atoms with Crippen LogP contribution in [0.4, 0.5) is 11.5 Å². The number of hydrogen-bond donors (Lipinski definition) is 1. The van der Waals surface area contributed by atoms with Gasteiger partial charge in [-0.05, 0) is 5.92 Å². The fourth-order valence-electron chi connectivity index (χ4n) is 1.67. The van der Waals surface area contributed by atoms with E-state index in [9.17, 15) is 4.79 Å². The van der Waals surface area contributed by atoms with Gasteiger partial charge in [-0.2, -0.15) is 0 Å². The molecular formula is C9H10BrClN4O. The van der Waals surface area contributed by atoms with Gasteiger partial charge in [-0.15, -0.1) is 0 Å². The molecule has 5 nitrogen and oxygen atoms in total. The zero-order valence-corrected chi connectivity index (χ0v) is 10.7. The molecular weight excluding hydrogens is 295 g/mol. The molecule has 0 radical (unpaired) electrons. The lowest BCUT2D eigenvalue weighted by atomic mass is 10.2. The first-order valence-corrected chi connectivity index (χ1v) is 6.25. The Morgan fingerprint density at radius 2 is 2.38 bits per heavy atom. The van der Waals surface area contributed by atoms with E-state index < -0.39 is 0 Å². The average Bonchev–Trinajstić information content (AvgIpc) is 2.64. The van der Waals surface area contributed by atoms with Crippen LogP contribution in [-0.2, 0) is 4.79 Å². The largest absolute Gasteiger partial charge is 0.393 e. The van der Waals surface area contributed by atoms with Gasteiger partial charge in [-0.3, -0.25) is 9.69 Å². The van der Waals surface area contributed by atoms with Crippen molar-refractivity contribution in [3.05, 3.63) is 11.5 Å². The molecule has 0 aromatic carbocycles. The Balaban J connectivity index is 2.31. The van der Waals surface area contributed by atoms with Crippen LogP contribution in [0, 0.1) is 5.92 Å². The zero-order valence-electron chi connectivity index (χ0n) is 8.36. The van der Waals surface area contributed by atoms with Crippen LogP contribution in [0.1, 0.15) is 6.42 Å². The highest BCUT2D eigenvalue weighted by Gasteiger charge is 2.32. The summed E-state index contributed by atoms with van der Waals surface area (Å²) in [5.41, 5.74) is 6.01. The number of carbonyl (C=O) groups excluding carboxylic acids is 1. The van der Waals surface area contributed by atoms with Crippen LogP contribution >= 0.6 is 27.5 Å². The van der Waals surface area contributed by atoms with Gasteiger partial charge in [0.05, 0.1) is 0 Å². The molecule has 0 bridgehead atoms.